The fourth-order valence-corrected chi connectivity index (χ4v) is 5.39. The predicted octanol–water partition coefficient (Wildman–Crippen LogP) is 2.81. The summed E-state index contributed by atoms with van der Waals surface area (Å²) >= 11 is 0. The SMILES string of the molecule is Cc1oc(C(=O)NCC(C)(C)c2ccc3c(c2)OCO3)cc1S(=O)(=O)N1CCCC1. The van der Waals surface area contributed by atoms with Crippen molar-refractivity contribution in [3.05, 3.63) is 41.3 Å². The number of hydrogen-bond donors (Lipinski definition) is 1. The Balaban J connectivity index is 1.46. The van der Waals surface area contributed by atoms with E-state index in [2.05, 4.69) is 5.32 Å². The minimum atomic E-state index is -3.64. The lowest BCUT2D eigenvalue weighted by Gasteiger charge is -2.25. The molecule has 0 bridgehead atoms. The van der Waals surface area contributed by atoms with Crippen molar-refractivity contribution in [2.24, 2.45) is 0 Å². The maximum atomic E-state index is 12.8. The Morgan fingerprint density at radius 2 is 1.83 bits per heavy atom. The molecule has 0 aliphatic carbocycles. The van der Waals surface area contributed by atoms with Crippen molar-refractivity contribution < 1.29 is 27.1 Å². The van der Waals surface area contributed by atoms with Gasteiger partial charge in [0, 0.05) is 31.1 Å². The van der Waals surface area contributed by atoms with Crippen LogP contribution >= 0.6 is 0 Å². The van der Waals surface area contributed by atoms with Gasteiger partial charge in [0.15, 0.2) is 17.3 Å². The van der Waals surface area contributed by atoms with Crippen LogP contribution in [0.15, 0.2) is 33.6 Å². The molecule has 2 aliphatic rings. The number of fused-ring (bicyclic) bond motifs is 1. The second-order valence-electron chi connectivity index (χ2n) is 8.28. The van der Waals surface area contributed by atoms with Gasteiger partial charge < -0.3 is 19.2 Å². The van der Waals surface area contributed by atoms with Gasteiger partial charge in [0.1, 0.15) is 10.7 Å². The largest absolute Gasteiger partial charge is 0.455 e. The Morgan fingerprint density at radius 3 is 2.57 bits per heavy atom. The maximum absolute atomic E-state index is 12.8. The van der Waals surface area contributed by atoms with Gasteiger partial charge in [-0.2, -0.15) is 4.31 Å². The van der Waals surface area contributed by atoms with E-state index >= 15 is 0 Å². The van der Waals surface area contributed by atoms with Crippen LogP contribution in [0.1, 0.15) is 48.6 Å². The molecule has 1 saturated heterocycles. The van der Waals surface area contributed by atoms with Crippen molar-refractivity contribution in [3.8, 4) is 11.5 Å². The molecule has 9 heteroatoms. The number of nitrogens with one attached hydrogen (secondary N) is 1. The molecule has 0 atom stereocenters. The number of aryl methyl sites for hydroxylation is 1. The molecule has 30 heavy (non-hydrogen) atoms. The van der Waals surface area contributed by atoms with Crippen LogP contribution in [0.3, 0.4) is 0 Å². The minimum absolute atomic E-state index is 0.00763. The summed E-state index contributed by atoms with van der Waals surface area (Å²) in [4.78, 5) is 12.7. The number of benzene rings is 1. The van der Waals surface area contributed by atoms with Crippen LogP contribution in [0.2, 0.25) is 0 Å². The molecule has 0 unspecified atom stereocenters. The van der Waals surface area contributed by atoms with E-state index in [1.54, 1.807) is 6.92 Å². The van der Waals surface area contributed by atoms with Gasteiger partial charge in [0.05, 0.1) is 0 Å². The lowest BCUT2D eigenvalue weighted by atomic mass is 9.84. The second kappa shape index (κ2) is 7.63. The van der Waals surface area contributed by atoms with E-state index in [4.69, 9.17) is 13.9 Å². The average molecular weight is 435 g/mol. The van der Waals surface area contributed by atoms with Crippen molar-refractivity contribution in [2.75, 3.05) is 26.4 Å². The molecule has 1 N–H and O–H groups in total. The van der Waals surface area contributed by atoms with E-state index in [-0.39, 0.29) is 28.6 Å². The quantitative estimate of drug-likeness (QED) is 0.751. The monoisotopic (exact) mass is 434 g/mol. The summed E-state index contributed by atoms with van der Waals surface area (Å²) in [6.45, 7) is 7.10. The number of rotatable bonds is 6. The molecule has 1 aromatic heterocycles. The summed E-state index contributed by atoms with van der Waals surface area (Å²) in [5, 5.41) is 2.85. The van der Waals surface area contributed by atoms with Crippen LogP contribution < -0.4 is 14.8 Å². The molecule has 8 nitrogen and oxygen atoms in total. The topological polar surface area (TPSA) is 98.1 Å². The zero-order valence-electron chi connectivity index (χ0n) is 17.4. The van der Waals surface area contributed by atoms with Gasteiger partial charge in [-0.1, -0.05) is 19.9 Å². The van der Waals surface area contributed by atoms with Gasteiger partial charge in [0.2, 0.25) is 16.8 Å². The first-order chi connectivity index (χ1) is 14.2. The molecule has 1 aromatic carbocycles. The van der Waals surface area contributed by atoms with Crippen molar-refractivity contribution in [2.45, 2.75) is 43.9 Å². The number of hydrogen-bond acceptors (Lipinski definition) is 6. The number of amides is 1. The zero-order chi connectivity index (χ0) is 21.5. The third kappa shape index (κ3) is 3.79. The first-order valence-corrected chi connectivity index (χ1v) is 11.4. The maximum Gasteiger partial charge on any atom is 0.287 e. The van der Waals surface area contributed by atoms with E-state index in [1.165, 1.54) is 10.4 Å². The highest BCUT2D eigenvalue weighted by Crippen LogP contribution is 2.36. The second-order valence-corrected chi connectivity index (χ2v) is 10.2. The Hall–Kier alpha value is -2.52. The first kappa shape index (κ1) is 20.7. The predicted molar refractivity (Wildman–Crippen MR) is 109 cm³/mol. The van der Waals surface area contributed by atoms with E-state index in [9.17, 15) is 13.2 Å². The van der Waals surface area contributed by atoms with Gasteiger partial charge in [0.25, 0.3) is 5.91 Å². The highest BCUT2D eigenvalue weighted by atomic mass is 32.2. The molecule has 2 aliphatic heterocycles. The number of furan rings is 1. The molecular weight excluding hydrogens is 408 g/mol. The normalized spacial score (nSPS) is 16.8. The van der Waals surface area contributed by atoms with Crippen LogP contribution in [-0.4, -0.2) is 45.1 Å². The molecule has 4 rings (SSSR count). The van der Waals surface area contributed by atoms with Gasteiger partial charge in [-0.05, 0) is 37.5 Å². The standard InChI is InChI=1S/C21H26N2O6S/c1-14-19(30(25,26)23-8-4-5-9-23)11-18(29-14)20(24)22-12-21(2,3)15-6-7-16-17(10-15)28-13-27-16/h6-7,10-11H,4-5,8-9,12-13H2,1-3H3,(H,22,24). The van der Waals surface area contributed by atoms with Crippen LogP contribution in [0.25, 0.3) is 0 Å². The van der Waals surface area contributed by atoms with Gasteiger partial charge in [-0.25, -0.2) is 8.42 Å². The van der Waals surface area contributed by atoms with Gasteiger partial charge >= 0.3 is 0 Å². The molecule has 162 valence electrons. The zero-order valence-corrected chi connectivity index (χ0v) is 18.2. The number of carbonyl (C=O) groups excluding carboxylic acids is 1. The molecule has 3 heterocycles. The van der Waals surface area contributed by atoms with E-state index in [0.29, 0.717) is 31.1 Å². The lowest BCUT2D eigenvalue weighted by Crippen LogP contribution is -2.36. The van der Waals surface area contributed by atoms with Crippen LogP contribution in [0, 0.1) is 6.92 Å². The molecule has 0 spiro atoms. The highest BCUT2D eigenvalue weighted by Gasteiger charge is 2.32. The molecule has 0 saturated carbocycles. The van der Waals surface area contributed by atoms with Crippen molar-refractivity contribution in [1.29, 1.82) is 0 Å². The number of sulfonamides is 1. The third-order valence-corrected chi connectivity index (χ3v) is 7.63. The Morgan fingerprint density at radius 1 is 1.13 bits per heavy atom. The molecule has 2 aromatic rings. The van der Waals surface area contributed by atoms with E-state index in [0.717, 1.165) is 18.4 Å². The van der Waals surface area contributed by atoms with Crippen LogP contribution in [0.4, 0.5) is 0 Å². The smallest absolute Gasteiger partial charge is 0.287 e. The average Bonchev–Trinajstić information content (AvgIpc) is 3.45. The molecule has 1 fully saturated rings. The number of carbonyl (C=O) groups is 1. The first-order valence-electron chi connectivity index (χ1n) is 9.97. The Bertz CT molecular complexity index is 1070. The summed E-state index contributed by atoms with van der Waals surface area (Å²) in [6, 6.07) is 7.03. The van der Waals surface area contributed by atoms with Gasteiger partial charge in [-0.3, -0.25) is 4.79 Å². The summed E-state index contributed by atoms with van der Waals surface area (Å²) in [5.41, 5.74) is 0.600. The summed E-state index contributed by atoms with van der Waals surface area (Å²) in [6.07, 6.45) is 1.69. The highest BCUT2D eigenvalue weighted by molar-refractivity contribution is 7.89. The van der Waals surface area contributed by atoms with Gasteiger partial charge in [-0.15, -0.1) is 0 Å². The summed E-state index contributed by atoms with van der Waals surface area (Å²) in [7, 11) is -3.64. The van der Waals surface area contributed by atoms with Crippen LogP contribution in [-0.2, 0) is 15.4 Å². The van der Waals surface area contributed by atoms with Crippen molar-refractivity contribution >= 4 is 15.9 Å². The van der Waals surface area contributed by atoms with Crippen molar-refractivity contribution in [3.63, 3.8) is 0 Å². The fourth-order valence-electron chi connectivity index (χ4n) is 3.71. The molecule has 1 amide bonds. The van der Waals surface area contributed by atoms with Crippen molar-refractivity contribution in [1.82, 2.24) is 9.62 Å². The molecule has 0 radical (unpaired) electrons. The van der Waals surface area contributed by atoms with Crippen LogP contribution in [0.5, 0.6) is 11.5 Å². The molecular formula is C21H26N2O6S. The van der Waals surface area contributed by atoms with E-state index in [1.807, 2.05) is 32.0 Å². The minimum Gasteiger partial charge on any atom is -0.455 e. The lowest BCUT2D eigenvalue weighted by molar-refractivity contribution is 0.0916. The third-order valence-electron chi connectivity index (χ3n) is 5.62. The van der Waals surface area contributed by atoms with E-state index < -0.39 is 15.9 Å². The fraction of sp³-hybridized carbons (Fsp3) is 0.476. The Kier molecular flexibility index (Phi) is 5.27. The number of ether oxygens (including phenoxy) is 2. The summed E-state index contributed by atoms with van der Waals surface area (Å²) < 4.78 is 43.3. The Labute approximate surface area is 176 Å². The summed E-state index contributed by atoms with van der Waals surface area (Å²) in [5.74, 6) is 1.16. The number of nitrogens with zero attached hydrogens (tertiary/aromatic N) is 1.